The highest BCUT2D eigenvalue weighted by molar-refractivity contribution is 9.11. The molecule has 0 aliphatic heterocycles. The SMILES string of the molecule is CC(NC(=O)Nc1cc(Br)ccc1Br)C(=O)O. The van der Waals surface area contributed by atoms with E-state index in [0.29, 0.717) is 10.2 Å². The van der Waals surface area contributed by atoms with Crippen molar-refractivity contribution in [3.8, 4) is 0 Å². The number of rotatable bonds is 3. The number of anilines is 1. The van der Waals surface area contributed by atoms with E-state index in [1.54, 1.807) is 12.1 Å². The Hall–Kier alpha value is -1.08. The van der Waals surface area contributed by atoms with Crippen LogP contribution in [0.15, 0.2) is 27.1 Å². The Kier molecular flexibility index (Phi) is 4.95. The minimum atomic E-state index is -1.09. The first-order valence-electron chi connectivity index (χ1n) is 4.65. The Morgan fingerprint density at radius 1 is 1.35 bits per heavy atom. The number of nitrogens with one attached hydrogen (secondary N) is 2. The predicted molar refractivity (Wildman–Crippen MR) is 71.1 cm³/mol. The fraction of sp³-hybridized carbons (Fsp3) is 0.200. The molecule has 0 aliphatic carbocycles. The summed E-state index contributed by atoms with van der Waals surface area (Å²) in [5.41, 5.74) is 0.550. The lowest BCUT2D eigenvalue weighted by Gasteiger charge is -2.12. The van der Waals surface area contributed by atoms with Gasteiger partial charge in [0.2, 0.25) is 0 Å². The minimum absolute atomic E-state index is 0.550. The van der Waals surface area contributed by atoms with E-state index >= 15 is 0 Å². The highest BCUT2D eigenvalue weighted by Gasteiger charge is 2.14. The number of amides is 2. The van der Waals surface area contributed by atoms with Crippen molar-refractivity contribution < 1.29 is 14.7 Å². The lowest BCUT2D eigenvalue weighted by atomic mass is 10.3. The molecule has 17 heavy (non-hydrogen) atoms. The second-order valence-electron chi connectivity index (χ2n) is 3.28. The quantitative estimate of drug-likeness (QED) is 0.770. The number of urea groups is 1. The number of aliphatic carboxylic acids is 1. The summed E-state index contributed by atoms with van der Waals surface area (Å²) in [4.78, 5) is 22.0. The van der Waals surface area contributed by atoms with Crippen molar-refractivity contribution in [3.63, 3.8) is 0 Å². The van der Waals surface area contributed by atoms with Crippen molar-refractivity contribution in [1.29, 1.82) is 0 Å². The summed E-state index contributed by atoms with van der Waals surface area (Å²) in [6.45, 7) is 1.39. The van der Waals surface area contributed by atoms with Crippen LogP contribution in [0.2, 0.25) is 0 Å². The average molecular weight is 366 g/mol. The van der Waals surface area contributed by atoms with Crippen LogP contribution in [-0.4, -0.2) is 23.1 Å². The molecule has 0 aromatic heterocycles. The summed E-state index contributed by atoms with van der Waals surface area (Å²) in [7, 11) is 0. The molecule has 0 saturated heterocycles. The molecule has 0 heterocycles. The maximum atomic E-state index is 11.5. The summed E-state index contributed by atoms with van der Waals surface area (Å²) in [6, 6.07) is 3.77. The zero-order valence-electron chi connectivity index (χ0n) is 8.83. The van der Waals surface area contributed by atoms with E-state index in [-0.39, 0.29) is 0 Å². The summed E-state index contributed by atoms with van der Waals surface area (Å²) < 4.78 is 1.51. The van der Waals surface area contributed by atoms with Crippen molar-refractivity contribution >= 4 is 49.5 Å². The summed E-state index contributed by atoms with van der Waals surface area (Å²) >= 11 is 6.55. The molecule has 7 heteroatoms. The van der Waals surface area contributed by atoms with Gasteiger partial charge in [-0.3, -0.25) is 4.79 Å². The van der Waals surface area contributed by atoms with E-state index in [4.69, 9.17) is 5.11 Å². The lowest BCUT2D eigenvalue weighted by molar-refractivity contribution is -0.138. The Bertz CT molecular complexity index is 451. The molecule has 1 aromatic carbocycles. The molecule has 1 atom stereocenters. The summed E-state index contributed by atoms with van der Waals surface area (Å²) in [5, 5.41) is 13.5. The topological polar surface area (TPSA) is 78.4 Å². The van der Waals surface area contributed by atoms with Crippen LogP contribution in [0.25, 0.3) is 0 Å². The van der Waals surface area contributed by atoms with Crippen LogP contribution < -0.4 is 10.6 Å². The third-order valence-electron chi connectivity index (χ3n) is 1.89. The average Bonchev–Trinajstić information content (AvgIpc) is 2.23. The third-order valence-corrected chi connectivity index (χ3v) is 3.08. The van der Waals surface area contributed by atoms with Gasteiger partial charge in [0.25, 0.3) is 0 Å². The van der Waals surface area contributed by atoms with E-state index in [1.807, 2.05) is 6.07 Å². The van der Waals surface area contributed by atoms with Crippen LogP contribution in [0.4, 0.5) is 10.5 Å². The smallest absolute Gasteiger partial charge is 0.325 e. The number of carbonyl (C=O) groups is 2. The Morgan fingerprint density at radius 3 is 2.59 bits per heavy atom. The second-order valence-corrected chi connectivity index (χ2v) is 5.05. The molecule has 1 aromatic rings. The van der Waals surface area contributed by atoms with E-state index < -0.39 is 18.0 Å². The molecular formula is C10H10Br2N2O3. The number of hydrogen-bond acceptors (Lipinski definition) is 2. The van der Waals surface area contributed by atoms with E-state index in [0.717, 1.165) is 4.47 Å². The van der Waals surface area contributed by atoms with Crippen LogP contribution in [0.5, 0.6) is 0 Å². The first-order valence-corrected chi connectivity index (χ1v) is 6.24. The molecule has 0 bridgehead atoms. The first kappa shape index (κ1) is 14.0. The molecular weight excluding hydrogens is 356 g/mol. The van der Waals surface area contributed by atoms with Crippen LogP contribution in [0.3, 0.4) is 0 Å². The number of carboxylic acids is 1. The Labute approximate surface area is 115 Å². The van der Waals surface area contributed by atoms with Gasteiger partial charge in [0.15, 0.2) is 0 Å². The first-order chi connectivity index (χ1) is 7.90. The van der Waals surface area contributed by atoms with Crippen molar-refractivity contribution in [1.82, 2.24) is 5.32 Å². The largest absolute Gasteiger partial charge is 0.480 e. The molecule has 0 spiro atoms. The van der Waals surface area contributed by atoms with Crippen LogP contribution >= 0.6 is 31.9 Å². The van der Waals surface area contributed by atoms with Crippen molar-refractivity contribution in [2.24, 2.45) is 0 Å². The zero-order chi connectivity index (χ0) is 13.0. The maximum Gasteiger partial charge on any atom is 0.325 e. The predicted octanol–water partition coefficient (Wildman–Crippen LogP) is 2.81. The number of halogens is 2. The Morgan fingerprint density at radius 2 is 2.00 bits per heavy atom. The molecule has 92 valence electrons. The molecule has 1 rings (SSSR count). The molecule has 0 saturated carbocycles. The fourth-order valence-corrected chi connectivity index (χ4v) is 1.72. The molecule has 5 nitrogen and oxygen atoms in total. The van der Waals surface area contributed by atoms with Crippen molar-refractivity contribution in [2.75, 3.05) is 5.32 Å². The van der Waals surface area contributed by atoms with Gasteiger partial charge in [-0.05, 0) is 41.1 Å². The lowest BCUT2D eigenvalue weighted by Crippen LogP contribution is -2.40. The van der Waals surface area contributed by atoms with Crippen LogP contribution in [-0.2, 0) is 4.79 Å². The standard InChI is InChI=1S/C10H10Br2N2O3/c1-5(9(15)16)13-10(17)14-8-4-6(11)2-3-7(8)12/h2-5H,1H3,(H,15,16)(H2,13,14,17). The molecule has 0 aliphatic rings. The molecule has 0 fully saturated rings. The minimum Gasteiger partial charge on any atom is -0.480 e. The zero-order valence-corrected chi connectivity index (χ0v) is 12.0. The van der Waals surface area contributed by atoms with E-state index in [1.165, 1.54) is 6.92 Å². The van der Waals surface area contributed by atoms with Gasteiger partial charge in [0.05, 0.1) is 5.69 Å². The Balaban J connectivity index is 2.68. The van der Waals surface area contributed by atoms with Gasteiger partial charge < -0.3 is 15.7 Å². The fourth-order valence-electron chi connectivity index (χ4n) is 1.01. The van der Waals surface area contributed by atoms with Gasteiger partial charge in [0.1, 0.15) is 6.04 Å². The monoisotopic (exact) mass is 364 g/mol. The van der Waals surface area contributed by atoms with Gasteiger partial charge in [-0.2, -0.15) is 0 Å². The third kappa shape index (κ3) is 4.35. The second kappa shape index (κ2) is 6.02. The highest BCUT2D eigenvalue weighted by atomic mass is 79.9. The maximum absolute atomic E-state index is 11.5. The van der Waals surface area contributed by atoms with Crippen molar-refractivity contribution in [3.05, 3.63) is 27.1 Å². The van der Waals surface area contributed by atoms with E-state index in [2.05, 4.69) is 42.5 Å². The number of carbonyl (C=O) groups excluding carboxylic acids is 1. The number of hydrogen-bond donors (Lipinski definition) is 3. The van der Waals surface area contributed by atoms with Gasteiger partial charge in [-0.25, -0.2) is 4.79 Å². The molecule has 2 amide bonds. The molecule has 3 N–H and O–H groups in total. The number of benzene rings is 1. The summed E-state index contributed by atoms with van der Waals surface area (Å²) in [6.07, 6.45) is 0. The van der Waals surface area contributed by atoms with Crippen LogP contribution in [0, 0.1) is 0 Å². The molecule has 1 unspecified atom stereocenters. The van der Waals surface area contributed by atoms with Crippen LogP contribution in [0.1, 0.15) is 6.92 Å². The van der Waals surface area contributed by atoms with Gasteiger partial charge in [-0.15, -0.1) is 0 Å². The normalized spacial score (nSPS) is 11.7. The van der Waals surface area contributed by atoms with Gasteiger partial charge >= 0.3 is 12.0 Å². The number of carboxylic acid groups (broad SMARTS) is 1. The van der Waals surface area contributed by atoms with Crippen molar-refractivity contribution in [2.45, 2.75) is 13.0 Å². The van der Waals surface area contributed by atoms with Gasteiger partial charge in [0, 0.05) is 8.95 Å². The highest BCUT2D eigenvalue weighted by Crippen LogP contribution is 2.25. The summed E-state index contributed by atoms with van der Waals surface area (Å²) in [5.74, 6) is -1.09. The molecule has 0 radical (unpaired) electrons. The van der Waals surface area contributed by atoms with Gasteiger partial charge in [-0.1, -0.05) is 15.9 Å². The van der Waals surface area contributed by atoms with E-state index in [9.17, 15) is 9.59 Å².